The topological polar surface area (TPSA) is 39.6 Å². The molecule has 2 atom stereocenters. The largest absolute Gasteiger partial charge is 0.389 e. The lowest BCUT2D eigenvalue weighted by molar-refractivity contribution is 0.199. The summed E-state index contributed by atoms with van der Waals surface area (Å²) in [5.41, 5.74) is 0.933. The quantitative estimate of drug-likeness (QED) is 0.882. The highest BCUT2D eigenvalue weighted by molar-refractivity contribution is 5.48. The Hall–Kier alpha value is -1.13. The van der Waals surface area contributed by atoms with Gasteiger partial charge in [0.15, 0.2) is 0 Å². The molecule has 1 fully saturated rings. The molecule has 0 saturated carbocycles. The number of aromatic nitrogens is 1. The summed E-state index contributed by atoms with van der Waals surface area (Å²) >= 11 is 0. The number of hydrogen-bond acceptors (Lipinski definition) is 4. The van der Waals surface area contributed by atoms with Crippen molar-refractivity contribution in [3.05, 3.63) is 23.9 Å². The van der Waals surface area contributed by atoms with E-state index in [1.165, 1.54) is 6.42 Å². The number of anilines is 1. The fourth-order valence-electron chi connectivity index (χ4n) is 2.97. The van der Waals surface area contributed by atoms with Crippen molar-refractivity contribution in [2.75, 3.05) is 31.1 Å². The number of nitrogens with zero attached hydrogens (tertiary/aromatic N) is 3. The summed E-state index contributed by atoms with van der Waals surface area (Å²) in [6.45, 7) is 10.5. The highest BCUT2D eigenvalue weighted by Gasteiger charge is 2.28. The van der Waals surface area contributed by atoms with E-state index in [0.717, 1.165) is 37.6 Å². The van der Waals surface area contributed by atoms with Gasteiger partial charge in [-0.2, -0.15) is 0 Å². The minimum atomic E-state index is -0.462. The molecule has 0 amide bonds. The molecule has 1 N–H and O–H groups in total. The fraction of sp³-hybridized carbons (Fsp3) is 0.667. The van der Waals surface area contributed by atoms with Gasteiger partial charge in [0.1, 0.15) is 5.82 Å². The lowest BCUT2D eigenvalue weighted by Gasteiger charge is -2.27. The molecule has 1 unspecified atom stereocenters. The SMILES string of the molecule is CCN(CC)C1CCN(c2ncccc2[C@H](C)O)C1. The third kappa shape index (κ3) is 3.07. The number of hydrogen-bond donors (Lipinski definition) is 1. The second-order valence-corrected chi connectivity index (χ2v) is 5.20. The Balaban J connectivity index is 2.13. The molecular weight excluding hydrogens is 238 g/mol. The number of pyridine rings is 1. The Morgan fingerprint density at radius 1 is 1.47 bits per heavy atom. The average molecular weight is 263 g/mol. The summed E-state index contributed by atoms with van der Waals surface area (Å²) in [7, 11) is 0. The molecule has 2 rings (SSSR count). The van der Waals surface area contributed by atoms with E-state index in [1.54, 1.807) is 6.92 Å². The number of aliphatic hydroxyl groups is 1. The van der Waals surface area contributed by atoms with Crippen LogP contribution in [0.15, 0.2) is 18.3 Å². The second-order valence-electron chi connectivity index (χ2n) is 5.20. The van der Waals surface area contributed by atoms with E-state index in [1.807, 2.05) is 18.3 Å². The molecule has 1 saturated heterocycles. The standard InChI is InChI=1S/C15H25N3O/c1-4-17(5-2)13-8-10-18(11-13)15-14(12(3)19)7-6-9-16-15/h6-7,9,12-13,19H,4-5,8,10-11H2,1-3H3/t12-,13?/m0/s1. The summed E-state index contributed by atoms with van der Waals surface area (Å²) in [6.07, 6.45) is 2.53. The van der Waals surface area contributed by atoms with Crippen molar-refractivity contribution in [2.45, 2.75) is 39.3 Å². The van der Waals surface area contributed by atoms with Crippen molar-refractivity contribution < 1.29 is 5.11 Å². The van der Waals surface area contributed by atoms with Crippen LogP contribution in [0.5, 0.6) is 0 Å². The van der Waals surface area contributed by atoms with E-state index >= 15 is 0 Å². The van der Waals surface area contributed by atoms with Crippen LogP contribution in [0.2, 0.25) is 0 Å². The van der Waals surface area contributed by atoms with Gasteiger partial charge in [0.25, 0.3) is 0 Å². The molecule has 106 valence electrons. The van der Waals surface area contributed by atoms with Gasteiger partial charge in [0.2, 0.25) is 0 Å². The molecule has 1 aromatic heterocycles. The first kappa shape index (κ1) is 14.3. The van der Waals surface area contributed by atoms with Gasteiger partial charge in [-0.25, -0.2) is 4.98 Å². The van der Waals surface area contributed by atoms with Crippen LogP contribution >= 0.6 is 0 Å². The Labute approximate surface area is 116 Å². The first-order valence-corrected chi connectivity index (χ1v) is 7.29. The Bertz CT molecular complexity index is 404. The van der Waals surface area contributed by atoms with Gasteiger partial charge in [-0.05, 0) is 32.5 Å². The number of likely N-dealkylation sites (N-methyl/N-ethyl adjacent to an activating group) is 1. The summed E-state index contributed by atoms with van der Waals surface area (Å²) < 4.78 is 0. The van der Waals surface area contributed by atoms with Gasteiger partial charge >= 0.3 is 0 Å². The van der Waals surface area contributed by atoms with Gasteiger partial charge in [-0.3, -0.25) is 4.90 Å². The highest BCUT2D eigenvalue weighted by Crippen LogP contribution is 2.27. The van der Waals surface area contributed by atoms with Crippen LogP contribution < -0.4 is 4.90 Å². The number of rotatable bonds is 5. The fourth-order valence-corrected chi connectivity index (χ4v) is 2.97. The van der Waals surface area contributed by atoms with Crippen molar-refractivity contribution in [1.29, 1.82) is 0 Å². The molecule has 0 spiro atoms. The molecule has 4 nitrogen and oxygen atoms in total. The third-order valence-corrected chi connectivity index (χ3v) is 4.06. The molecule has 1 aliphatic heterocycles. The van der Waals surface area contributed by atoms with Crippen LogP contribution in [0, 0.1) is 0 Å². The zero-order valence-electron chi connectivity index (χ0n) is 12.2. The van der Waals surface area contributed by atoms with Crippen molar-refractivity contribution >= 4 is 5.82 Å². The van der Waals surface area contributed by atoms with Crippen LogP contribution in [-0.4, -0.2) is 47.2 Å². The minimum absolute atomic E-state index is 0.462. The summed E-state index contributed by atoms with van der Waals surface area (Å²) in [4.78, 5) is 9.29. The second kappa shape index (κ2) is 6.35. The first-order chi connectivity index (χ1) is 9.17. The van der Waals surface area contributed by atoms with E-state index in [0.29, 0.717) is 6.04 Å². The van der Waals surface area contributed by atoms with E-state index < -0.39 is 6.10 Å². The van der Waals surface area contributed by atoms with E-state index in [4.69, 9.17) is 0 Å². The van der Waals surface area contributed by atoms with Crippen LogP contribution in [-0.2, 0) is 0 Å². The summed E-state index contributed by atoms with van der Waals surface area (Å²) in [6, 6.07) is 4.47. The highest BCUT2D eigenvalue weighted by atomic mass is 16.3. The van der Waals surface area contributed by atoms with E-state index in [9.17, 15) is 5.11 Å². The summed E-state index contributed by atoms with van der Waals surface area (Å²) in [5, 5.41) is 9.86. The molecule has 1 aromatic rings. The Morgan fingerprint density at radius 2 is 2.21 bits per heavy atom. The Morgan fingerprint density at radius 3 is 2.84 bits per heavy atom. The average Bonchev–Trinajstić information content (AvgIpc) is 2.89. The van der Waals surface area contributed by atoms with Gasteiger partial charge in [0, 0.05) is 30.9 Å². The van der Waals surface area contributed by atoms with Gasteiger partial charge in [-0.15, -0.1) is 0 Å². The van der Waals surface area contributed by atoms with E-state index in [2.05, 4.69) is 28.6 Å². The molecule has 4 heteroatoms. The zero-order valence-corrected chi connectivity index (χ0v) is 12.2. The zero-order chi connectivity index (χ0) is 13.8. The lowest BCUT2D eigenvalue weighted by Crippen LogP contribution is -2.37. The normalized spacial score (nSPS) is 21.1. The maximum Gasteiger partial charge on any atom is 0.134 e. The van der Waals surface area contributed by atoms with Crippen LogP contribution in [0.1, 0.15) is 38.9 Å². The van der Waals surface area contributed by atoms with Crippen LogP contribution in [0.4, 0.5) is 5.82 Å². The first-order valence-electron chi connectivity index (χ1n) is 7.29. The van der Waals surface area contributed by atoms with Crippen LogP contribution in [0.25, 0.3) is 0 Å². The van der Waals surface area contributed by atoms with Crippen molar-refractivity contribution in [3.63, 3.8) is 0 Å². The molecule has 19 heavy (non-hydrogen) atoms. The van der Waals surface area contributed by atoms with E-state index in [-0.39, 0.29) is 0 Å². The van der Waals surface area contributed by atoms with Gasteiger partial charge in [-0.1, -0.05) is 19.9 Å². The minimum Gasteiger partial charge on any atom is -0.389 e. The Kier molecular flexibility index (Phi) is 4.77. The van der Waals surface area contributed by atoms with Crippen molar-refractivity contribution in [2.24, 2.45) is 0 Å². The maximum atomic E-state index is 9.86. The predicted octanol–water partition coefficient (Wildman–Crippen LogP) is 2.06. The molecule has 0 aliphatic carbocycles. The molecule has 0 aromatic carbocycles. The molecule has 0 radical (unpaired) electrons. The smallest absolute Gasteiger partial charge is 0.134 e. The molecule has 0 bridgehead atoms. The maximum absolute atomic E-state index is 9.86. The molecular formula is C15H25N3O. The predicted molar refractivity (Wildman–Crippen MR) is 78.4 cm³/mol. The van der Waals surface area contributed by atoms with Crippen molar-refractivity contribution in [3.8, 4) is 0 Å². The van der Waals surface area contributed by atoms with Gasteiger partial charge < -0.3 is 10.0 Å². The molecule has 2 heterocycles. The monoisotopic (exact) mass is 263 g/mol. The lowest BCUT2D eigenvalue weighted by atomic mass is 10.1. The van der Waals surface area contributed by atoms with Crippen LogP contribution in [0.3, 0.4) is 0 Å². The number of aliphatic hydroxyl groups excluding tert-OH is 1. The summed E-state index contributed by atoms with van der Waals surface area (Å²) in [5.74, 6) is 0.951. The third-order valence-electron chi connectivity index (χ3n) is 4.06. The van der Waals surface area contributed by atoms with Gasteiger partial charge in [0.05, 0.1) is 6.10 Å². The van der Waals surface area contributed by atoms with Crippen molar-refractivity contribution in [1.82, 2.24) is 9.88 Å². The molecule has 1 aliphatic rings.